The van der Waals surface area contributed by atoms with Gasteiger partial charge >= 0.3 is 19.9 Å². The summed E-state index contributed by atoms with van der Waals surface area (Å²) in [5, 5.41) is 15.3. The molecule has 0 aliphatic carbocycles. The normalized spacial score (nSPS) is 12.9. The summed E-state index contributed by atoms with van der Waals surface area (Å²) in [5.74, 6) is -1.82. The number of phosphoric ester groups is 1. The number of fused-ring (bicyclic) bond motifs is 1. The molecule has 0 bridgehead atoms. The van der Waals surface area contributed by atoms with E-state index >= 15 is 0 Å². The molecule has 40 heavy (non-hydrogen) atoms. The minimum absolute atomic E-state index is 0.0231. The van der Waals surface area contributed by atoms with Crippen LogP contribution < -0.4 is 5.32 Å². The smallest absolute Gasteiger partial charge is 0.465 e. The second-order valence-corrected chi connectivity index (χ2v) is 10.7. The SMILES string of the molecule is COP(=O)(OC)OCCCCCN(C(=O)O)C1=Cc2ccccc2CN1N(C)C(=O)NCc1cccc(F)c1F. The van der Waals surface area contributed by atoms with Gasteiger partial charge in [-0.15, -0.1) is 0 Å². The van der Waals surface area contributed by atoms with Crippen LogP contribution in [0.1, 0.15) is 36.0 Å². The van der Waals surface area contributed by atoms with Gasteiger partial charge in [0.15, 0.2) is 11.6 Å². The van der Waals surface area contributed by atoms with E-state index in [-0.39, 0.29) is 37.6 Å². The Bertz CT molecular complexity index is 1270. The Hall–Kier alpha value is -3.51. The number of nitrogens with zero attached hydrogens (tertiary/aromatic N) is 3. The number of carbonyl (C=O) groups is 2. The Balaban J connectivity index is 1.71. The molecular formula is C26H33F2N4O7P. The molecule has 2 aromatic rings. The van der Waals surface area contributed by atoms with Crippen LogP contribution in [-0.4, -0.2) is 66.6 Å². The standard InChI is InChI=1S/C26H33F2N4O7P/c1-30(25(33)29-17-20-12-9-13-22(27)24(20)28)32-18-21-11-6-5-10-19(21)16-23(32)31(26(34)35)14-7-4-8-15-39-40(36,37-2)38-3/h5-6,9-13,16H,4,7-8,14-15,17-18H2,1-3H3,(H,29,33)(H,34,35). The van der Waals surface area contributed by atoms with Crippen molar-refractivity contribution in [3.8, 4) is 0 Å². The third-order valence-corrected chi connectivity index (χ3v) is 7.67. The molecule has 218 valence electrons. The lowest BCUT2D eigenvalue weighted by Gasteiger charge is -2.41. The first kappa shape index (κ1) is 31.0. The maximum Gasteiger partial charge on any atom is 0.474 e. The lowest BCUT2D eigenvalue weighted by Crippen LogP contribution is -2.52. The van der Waals surface area contributed by atoms with Gasteiger partial charge in [-0.1, -0.05) is 36.4 Å². The molecule has 2 aromatic carbocycles. The van der Waals surface area contributed by atoms with Gasteiger partial charge in [0.25, 0.3) is 0 Å². The van der Waals surface area contributed by atoms with Crippen molar-refractivity contribution in [1.29, 1.82) is 0 Å². The summed E-state index contributed by atoms with van der Waals surface area (Å²) in [6.07, 6.45) is 1.94. The summed E-state index contributed by atoms with van der Waals surface area (Å²) >= 11 is 0. The number of carbonyl (C=O) groups excluding carboxylic acids is 1. The van der Waals surface area contributed by atoms with Crippen molar-refractivity contribution in [3.63, 3.8) is 0 Å². The predicted molar refractivity (Wildman–Crippen MR) is 142 cm³/mol. The zero-order valence-corrected chi connectivity index (χ0v) is 23.4. The fourth-order valence-corrected chi connectivity index (χ4v) is 4.76. The van der Waals surface area contributed by atoms with Crippen LogP contribution in [0.4, 0.5) is 18.4 Å². The van der Waals surface area contributed by atoms with E-state index in [0.29, 0.717) is 19.3 Å². The minimum atomic E-state index is -3.58. The lowest BCUT2D eigenvalue weighted by atomic mass is 10.0. The van der Waals surface area contributed by atoms with Crippen LogP contribution in [0.25, 0.3) is 6.08 Å². The molecule has 11 nitrogen and oxygen atoms in total. The first-order valence-electron chi connectivity index (χ1n) is 12.5. The molecule has 0 spiro atoms. The molecule has 14 heteroatoms. The van der Waals surface area contributed by atoms with Crippen LogP contribution in [0.5, 0.6) is 0 Å². The lowest BCUT2D eigenvalue weighted by molar-refractivity contribution is 0.0282. The van der Waals surface area contributed by atoms with Crippen molar-refractivity contribution in [2.45, 2.75) is 32.4 Å². The molecule has 0 saturated heterocycles. The molecule has 0 saturated carbocycles. The van der Waals surface area contributed by atoms with Gasteiger partial charge in [-0.3, -0.25) is 23.5 Å². The van der Waals surface area contributed by atoms with E-state index < -0.39 is 31.6 Å². The summed E-state index contributed by atoms with van der Waals surface area (Å²) in [4.78, 5) is 26.5. The zero-order chi connectivity index (χ0) is 29.3. The molecule has 0 radical (unpaired) electrons. The molecular weight excluding hydrogens is 549 g/mol. The molecule has 0 aromatic heterocycles. The summed E-state index contributed by atoms with van der Waals surface area (Å²) in [5.41, 5.74) is 1.65. The summed E-state index contributed by atoms with van der Waals surface area (Å²) in [7, 11) is 0.311. The van der Waals surface area contributed by atoms with E-state index in [1.807, 2.05) is 24.3 Å². The highest BCUT2D eigenvalue weighted by molar-refractivity contribution is 7.48. The van der Waals surface area contributed by atoms with Crippen LogP contribution in [0, 0.1) is 11.6 Å². The molecule has 3 amide bonds. The summed E-state index contributed by atoms with van der Waals surface area (Å²) in [6, 6.07) is 10.4. The Labute approximate surface area is 231 Å². The topological polar surface area (TPSA) is 121 Å². The number of carboxylic acid groups (broad SMARTS) is 1. The highest BCUT2D eigenvalue weighted by atomic mass is 31.2. The van der Waals surface area contributed by atoms with Crippen molar-refractivity contribution in [1.82, 2.24) is 20.2 Å². The molecule has 1 aliphatic heterocycles. The number of halogens is 2. The van der Waals surface area contributed by atoms with E-state index in [1.54, 1.807) is 6.08 Å². The predicted octanol–water partition coefficient (Wildman–Crippen LogP) is 5.40. The largest absolute Gasteiger partial charge is 0.474 e. The van der Waals surface area contributed by atoms with Gasteiger partial charge in [0.2, 0.25) is 0 Å². The van der Waals surface area contributed by atoms with Gasteiger partial charge in [-0.2, -0.15) is 0 Å². The van der Waals surface area contributed by atoms with E-state index in [9.17, 15) is 28.0 Å². The number of amides is 3. The van der Waals surface area contributed by atoms with E-state index in [0.717, 1.165) is 22.1 Å². The highest BCUT2D eigenvalue weighted by Gasteiger charge is 2.31. The number of phosphoric acid groups is 1. The second-order valence-electron chi connectivity index (χ2n) is 8.79. The number of urea groups is 1. The van der Waals surface area contributed by atoms with Crippen LogP contribution >= 0.6 is 7.82 Å². The molecule has 1 heterocycles. The van der Waals surface area contributed by atoms with Gasteiger partial charge in [0.05, 0.1) is 13.2 Å². The highest BCUT2D eigenvalue weighted by Crippen LogP contribution is 2.47. The van der Waals surface area contributed by atoms with Crippen LogP contribution in [-0.2, 0) is 31.2 Å². The van der Waals surface area contributed by atoms with Crippen molar-refractivity contribution in [3.05, 3.63) is 76.6 Å². The molecule has 0 atom stereocenters. The minimum Gasteiger partial charge on any atom is -0.465 e. The number of hydrogen-bond donors (Lipinski definition) is 2. The van der Waals surface area contributed by atoms with Crippen molar-refractivity contribution in [2.24, 2.45) is 0 Å². The third-order valence-electron chi connectivity index (χ3n) is 6.27. The molecule has 2 N–H and O–H groups in total. The Kier molecular flexibility index (Phi) is 11.0. The number of hydrogen-bond acceptors (Lipinski definition) is 7. The molecule has 0 fully saturated rings. The number of hydrazine groups is 1. The molecule has 0 unspecified atom stereocenters. The van der Waals surface area contributed by atoms with Crippen molar-refractivity contribution in [2.75, 3.05) is 34.4 Å². The quantitative estimate of drug-likeness (QED) is 0.238. The van der Waals surface area contributed by atoms with Gasteiger partial charge < -0.3 is 10.4 Å². The Morgan fingerprint density at radius 1 is 1.07 bits per heavy atom. The average Bonchev–Trinajstić information content (AvgIpc) is 2.96. The fourth-order valence-electron chi connectivity index (χ4n) is 4.05. The van der Waals surface area contributed by atoms with Gasteiger partial charge in [-0.05, 0) is 42.5 Å². The maximum absolute atomic E-state index is 14.1. The second kappa shape index (κ2) is 14.2. The Morgan fingerprint density at radius 3 is 2.50 bits per heavy atom. The van der Waals surface area contributed by atoms with Gasteiger partial charge in [-0.25, -0.2) is 27.9 Å². The van der Waals surface area contributed by atoms with E-state index in [2.05, 4.69) is 5.32 Å². The van der Waals surface area contributed by atoms with E-state index in [1.165, 1.54) is 43.4 Å². The monoisotopic (exact) mass is 582 g/mol. The van der Waals surface area contributed by atoms with Crippen molar-refractivity contribution >= 4 is 26.0 Å². The summed E-state index contributed by atoms with van der Waals surface area (Å²) < 4.78 is 54.2. The third kappa shape index (κ3) is 7.79. The molecule has 3 rings (SSSR count). The number of benzene rings is 2. The van der Waals surface area contributed by atoms with Crippen LogP contribution in [0.2, 0.25) is 0 Å². The number of rotatable bonds is 13. The summed E-state index contributed by atoms with van der Waals surface area (Å²) in [6.45, 7) is 0.139. The number of unbranched alkanes of at least 4 members (excludes halogenated alkanes) is 2. The van der Waals surface area contributed by atoms with Crippen LogP contribution in [0.15, 0.2) is 48.3 Å². The maximum atomic E-state index is 14.1. The Morgan fingerprint density at radius 2 is 1.80 bits per heavy atom. The van der Waals surface area contributed by atoms with Crippen molar-refractivity contribution < 1.29 is 41.6 Å². The first-order chi connectivity index (χ1) is 19.1. The molecule has 1 aliphatic rings. The van der Waals surface area contributed by atoms with Gasteiger partial charge in [0.1, 0.15) is 5.82 Å². The average molecular weight is 583 g/mol. The first-order valence-corrected chi connectivity index (χ1v) is 13.9. The van der Waals surface area contributed by atoms with Crippen LogP contribution in [0.3, 0.4) is 0 Å². The van der Waals surface area contributed by atoms with E-state index in [4.69, 9.17) is 13.6 Å². The number of nitrogens with one attached hydrogen (secondary N) is 1. The zero-order valence-electron chi connectivity index (χ0n) is 22.5. The fraction of sp³-hybridized carbons (Fsp3) is 0.385. The van der Waals surface area contributed by atoms with Gasteiger partial charge in [0, 0.05) is 39.9 Å².